The molecule has 0 aliphatic heterocycles. The highest BCUT2D eigenvalue weighted by Gasteiger charge is 2.07. The van der Waals surface area contributed by atoms with E-state index >= 15 is 0 Å². The fourth-order valence-electron chi connectivity index (χ4n) is 1.08. The van der Waals surface area contributed by atoms with E-state index in [0.29, 0.717) is 18.5 Å². The van der Waals surface area contributed by atoms with Crippen molar-refractivity contribution in [2.45, 2.75) is 18.9 Å². The van der Waals surface area contributed by atoms with Crippen LogP contribution in [0.25, 0.3) is 0 Å². The highest BCUT2D eigenvalue weighted by molar-refractivity contribution is 5.85. The van der Waals surface area contributed by atoms with Crippen molar-refractivity contribution in [3.63, 3.8) is 0 Å². The molecule has 0 amide bonds. The molecule has 0 aliphatic rings. The molecule has 1 heterocycles. The highest BCUT2D eigenvalue weighted by Crippen LogP contribution is 2.05. The maximum absolute atomic E-state index is 13.0. The lowest BCUT2D eigenvalue weighted by Crippen LogP contribution is -2.25. The highest BCUT2D eigenvalue weighted by atomic mass is 35.5. The predicted molar refractivity (Wildman–Crippen MR) is 54.8 cm³/mol. The average molecular weight is 221 g/mol. The van der Waals surface area contributed by atoms with E-state index in [0.717, 1.165) is 0 Å². The minimum atomic E-state index is -0.337. The van der Waals surface area contributed by atoms with Crippen LogP contribution >= 0.6 is 12.4 Å². The Kier molecular flexibility index (Phi) is 6.36. The monoisotopic (exact) mass is 220 g/mol. The molecule has 3 N–H and O–H groups in total. The molecule has 14 heavy (non-hydrogen) atoms. The van der Waals surface area contributed by atoms with Crippen LogP contribution in [0.5, 0.6) is 0 Å². The van der Waals surface area contributed by atoms with Crippen molar-refractivity contribution < 1.29 is 9.50 Å². The number of aliphatic hydroxyl groups excluding tert-OH is 1. The lowest BCUT2D eigenvalue weighted by Gasteiger charge is -2.08. The predicted octanol–water partition coefficient (Wildman–Crippen LogP) is 0.895. The minimum Gasteiger partial charge on any atom is -0.396 e. The smallest absolute Gasteiger partial charge is 0.144 e. The summed E-state index contributed by atoms with van der Waals surface area (Å²) in [4.78, 5) is 3.86. The van der Waals surface area contributed by atoms with Crippen molar-refractivity contribution >= 4 is 12.4 Å². The van der Waals surface area contributed by atoms with Gasteiger partial charge in [-0.25, -0.2) is 4.39 Å². The number of rotatable bonds is 4. The SMILES string of the molecule is Cl.N[C@@H](CCO)Cc1ncccc1F. The van der Waals surface area contributed by atoms with Crippen molar-refractivity contribution in [1.29, 1.82) is 0 Å². The molecule has 0 aliphatic carbocycles. The molecular weight excluding hydrogens is 207 g/mol. The van der Waals surface area contributed by atoms with Crippen LogP contribution < -0.4 is 5.73 Å². The first-order chi connectivity index (χ1) is 6.24. The van der Waals surface area contributed by atoms with E-state index in [9.17, 15) is 4.39 Å². The number of hydrogen-bond donors (Lipinski definition) is 2. The summed E-state index contributed by atoms with van der Waals surface area (Å²) in [6, 6.07) is 2.67. The second-order valence-corrected chi connectivity index (χ2v) is 2.91. The zero-order valence-electron chi connectivity index (χ0n) is 7.69. The van der Waals surface area contributed by atoms with Crippen LogP contribution in [-0.2, 0) is 6.42 Å². The summed E-state index contributed by atoms with van der Waals surface area (Å²) >= 11 is 0. The molecular formula is C9H14ClFN2O. The van der Waals surface area contributed by atoms with Gasteiger partial charge in [0.15, 0.2) is 0 Å². The summed E-state index contributed by atoms with van der Waals surface area (Å²) < 4.78 is 13.0. The second kappa shape index (κ2) is 6.70. The minimum absolute atomic E-state index is 0. The average Bonchev–Trinajstić information content (AvgIpc) is 2.09. The van der Waals surface area contributed by atoms with Gasteiger partial charge in [-0.3, -0.25) is 4.98 Å². The van der Waals surface area contributed by atoms with E-state index in [4.69, 9.17) is 10.8 Å². The molecule has 80 valence electrons. The maximum Gasteiger partial charge on any atom is 0.144 e. The Bertz CT molecular complexity index is 273. The number of pyridine rings is 1. The molecule has 1 aromatic heterocycles. The summed E-state index contributed by atoms with van der Waals surface area (Å²) in [5.41, 5.74) is 5.98. The van der Waals surface area contributed by atoms with Crippen LogP contribution in [0.4, 0.5) is 4.39 Å². The third kappa shape index (κ3) is 4.00. The first kappa shape index (κ1) is 13.3. The molecule has 0 fully saturated rings. The number of aliphatic hydroxyl groups is 1. The first-order valence-corrected chi connectivity index (χ1v) is 4.20. The zero-order chi connectivity index (χ0) is 9.68. The molecule has 1 rings (SSSR count). The summed E-state index contributed by atoms with van der Waals surface area (Å²) in [5.74, 6) is -0.337. The summed E-state index contributed by atoms with van der Waals surface area (Å²) in [6.07, 6.45) is 2.37. The number of hydrogen-bond acceptors (Lipinski definition) is 3. The van der Waals surface area contributed by atoms with Gasteiger partial charge in [0.25, 0.3) is 0 Å². The molecule has 1 atom stereocenters. The van der Waals surface area contributed by atoms with Crippen LogP contribution in [0.15, 0.2) is 18.3 Å². The first-order valence-electron chi connectivity index (χ1n) is 4.20. The Labute approximate surface area is 88.6 Å². The molecule has 0 saturated carbocycles. The van der Waals surface area contributed by atoms with E-state index in [-0.39, 0.29) is 30.9 Å². The van der Waals surface area contributed by atoms with Crippen LogP contribution in [0.1, 0.15) is 12.1 Å². The molecule has 0 bridgehead atoms. The second-order valence-electron chi connectivity index (χ2n) is 2.91. The Balaban J connectivity index is 0.00000169. The molecule has 0 radical (unpaired) electrons. The standard InChI is InChI=1S/C9H13FN2O.ClH/c10-8-2-1-4-12-9(8)6-7(11)3-5-13;/h1-2,4,7,13H,3,5-6,11H2;1H/t7-;/m0./s1. The Hall–Kier alpha value is -0.710. The number of halogens is 2. The molecule has 0 unspecified atom stereocenters. The van der Waals surface area contributed by atoms with E-state index in [1.807, 2.05) is 0 Å². The number of nitrogens with two attached hydrogens (primary N) is 1. The van der Waals surface area contributed by atoms with Gasteiger partial charge in [-0.2, -0.15) is 0 Å². The lowest BCUT2D eigenvalue weighted by atomic mass is 10.1. The fraction of sp³-hybridized carbons (Fsp3) is 0.444. The van der Waals surface area contributed by atoms with Gasteiger partial charge in [-0.15, -0.1) is 12.4 Å². The van der Waals surface area contributed by atoms with Gasteiger partial charge < -0.3 is 10.8 Å². The summed E-state index contributed by atoms with van der Waals surface area (Å²) in [6.45, 7) is 0.0234. The van der Waals surface area contributed by atoms with Crippen molar-refractivity contribution in [2.75, 3.05) is 6.61 Å². The quantitative estimate of drug-likeness (QED) is 0.793. The van der Waals surface area contributed by atoms with Crippen LogP contribution in [0, 0.1) is 5.82 Å². The van der Waals surface area contributed by atoms with E-state index in [1.54, 1.807) is 0 Å². The Morgan fingerprint density at radius 3 is 2.86 bits per heavy atom. The van der Waals surface area contributed by atoms with Gasteiger partial charge in [0.2, 0.25) is 0 Å². The number of aromatic nitrogens is 1. The molecule has 1 aromatic rings. The summed E-state index contributed by atoms with van der Waals surface area (Å²) in [7, 11) is 0. The van der Waals surface area contributed by atoms with E-state index in [2.05, 4.69) is 4.98 Å². The molecule has 0 aromatic carbocycles. The van der Waals surface area contributed by atoms with Crippen LogP contribution in [0.3, 0.4) is 0 Å². The fourth-order valence-corrected chi connectivity index (χ4v) is 1.08. The van der Waals surface area contributed by atoms with Crippen molar-refractivity contribution in [3.05, 3.63) is 29.8 Å². The van der Waals surface area contributed by atoms with Gasteiger partial charge >= 0.3 is 0 Å². The van der Waals surface area contributed by atoms with Gasteiger partial charge in [0.05, 0.1) is 5.69 Å². The van der Waals surface area contributed by atoms with Crippen LogP contribution in [-0.4, -0.2) is 22.7 Å². The zero-order valence-corrected chi connectivity index (χ0v) is 8.51. The third-order valence-corrected chi connectivity index (χ3v) is 1.79. The van der Waals surface area contributed by atoms with E-state index < -0.39 is 0 Å². The normalized spacial score (nSPS) is 11.9. The molecule has 3 nitrogen and oxygen atoms in total. The van der Waals surface area contributed by atoms with Gasteiger partial charge in [0.1, 0.15) is 5.82 Å². The molecule has 5 heteroatoms. The topological polar surface area (TPSA) is 59.1 Å². The van der Waals surface area contributed by atoms with Crippen molar-refractivity contribution in [3.8, 4) is 0 Å². The molecule has 0 saturated heterocycles. The summed E-state index contributed by atoms with van der Waals surface area (Å²) in [5, 5.41) is 8.59. The van der Waals surface area contributed by atoms with Gasteiger partial charge in [0, 0.05) is 25.3 Å². The maximum atomic E-state index is 13.0. The Morgan fingerprint density at radius 1 is 1.57 bits per heavy atom. The number of nitrogens with zero attached hydrogens (tertiary/aromatic N) is 1. The molecule has 0 spiro atoms. The van der Waals surface area contributed by atoms with Gasteiger partial charge in [-0.1, -0.05) is 0 Å². The van der Waals surface area contributed by atoms with Crippen molar-refractivity contribution in [1.82, 2.24) is 4.98 Å². The van der Waals surface area contributed by atoms with E-state index in [1.165, 1.54) is 18.3 Å². The third-order valence-electron chi connectivity index (χ3n) is 1.79. The largest absolute Gasteiger partial charge is 0.396 e. The van der Waals surface area contributed by atoms with Gasteiger partial charge in [-0.05, 0) is 18.6 Å². The van der Waals surface area contributed by atoms with Crippen molar-refractivity contribution in [2.24, 2.45) is 5.73 Å². The van der Waals surface area contributed by atoms with Crippen LogP contribution in [0.2, 0.25) is 0 Å². The lowest BCUT2D eigenvalue weighted by molar-refractivity contribution is 0.274. The Morgan fingerprint density at radius 2 is 2.29 bits per heavy atom.